The highest BCUT2D eigenvalue weighted by Crippen LogP contribution is 2.11. The van der Waals surface area contributed by atoms with E-state index in [-0.39, 0.29) is 6.04 Å². The summed E-state index contributed by atoms with van der Waals surface area (Å²) < 4.78 is 0. The number of aromatic nitrogens is 2. The SMILES string of the molecule is C[C@@H](NCc1ccnc(C#N)c1)c1cccnc1. The maximum atomic E-state index is 8.78. The highest BCUT2D eigenvalue weighted by molar-refractivity contribution is 5.25. The zero-order chi connectivity index (χ0) is 12.8. The zero-order valence-electron chi connectivity index (χ0n) is 10.2. The topological polar surface area (TPSA) is 61.6 Å². The molecule has 18 heavy (non-hydrogen) atoms. The van der Waals surface area contributed by atoms with Crippen molar-refractivity contribution in [1.29, 1.82) is 5.26 Å². The van der Waals surface area contributed by atoms with E-state index in [0.717, 1.165) is 11.1 Å². The van der Waals surface area contributed by atoms with Crippen molar-refractivity contribution in [3.05, 3.63) is 59.7 Å². The summed E-state index contributed by atoms with van der Waals surface area (Å²) in [6.45, 7) is 2.79. The van der Waals surface area contributed by atoms with E-state index in [9.17, 15) is 0 Å². The number of pyridine rings is 2. The van der Waals surface area contributed by atoms with Crippen molar-refractivity contribution in [3.63, 3.8) is 0 Å². The van der Waals surface area contributed by atoms with Gasteiger partial charge < -0.3 is 5.32 Å². The van der Waals surface area contributed by atoms with Gasteiger partial charge in [-0.25, -0.2) is 4.98 Å². The van der Waals surface area contributed by atoms with Crippen molar-refractivity contribution in [1.82, 2.24) is 15.3 Å². The minimum Gasteiger partial charge on any atom is -0.306 e. The monoisotopic (exact) mass is 238 g/mol. The summed E-state index contributed by atoms with van der Waals surface area (Å²) in [5.41, 5.74) is 2.65. The molecule has 0 radical (unpaired) electrons. The fourth-order valence-electron chi connectivity index (χ4n) is 1.67. The van der Waals surface area contributed by atoms with E-state index < -0.39 is 0 Å². The summed E-state index contributed by atoms with van der Waals surface area (Å²) >= 11 is 0. The smallest absolute Gasteiger partial charge is 0.140 e. The lowest BCUT2D eigenvalue weighted by Gasteiger charge is -2.13. The quantitative estimate of drug-likeness (QED) is 0.887. The Kier molecular flexibility index (Phi) is 4.00. The van der Waals surface area contributed by atoms with Crippen LogP contribution < -0.4 is 5.32 Å². The first-order valence-corrected chi connectivity index (χ1v) is 5.78. The molecule has 4 heteroatoms. The number of nitriles is 1. The Bertz CT molecular complexity index is 545. The van der Waals surface area contributed by atoms with Crippen LogP contribution in [0.1, 0.15) is 29.8 Å². The molecule has 0 saturated carbocycles. The molecule has 0 aromatic carbocycles. The molecule has 0 aliphatic heterocycles. The summed E-state index contributed by atoms with van der Waals surface area (Å²) in [5.74, 6) is 0. The van der Waals surface area contributed by atoms with Gasteiger partial charge in [0, 0.05) is 31.2 Å². The fourth-order valence-corrected chi connectivity index (χ4v) is 1.67. The second-order valence-electron chi connectivity index (χ2n) is 4.05. The van der Waals surface area contributed by atoms with Crippen molar-refractivity contribution in [2.45, 2.75) is 19.5 Å². The molecule has 0 unspecified atom stereocenters. The van der Waals surface area contributed by atoms with Gasteiger partial charge in [0.1, 0.15) is 11.8 Å². The number of rotatable bonds is 4. The van der Waals surface area contributed by atoms with Crippen molar-refractivity contribution in [2.24, 2.45) is 0 Å². The molecular weight excluding hydrogens is 224 g/mol. The first kappa shape index (κ1) is 12.2. The molecule has 4 nitrogen and oxygen atoms in total. The van der Waals surface area contributed by atoms with Crippen molar-refractivity contribution < 1.29 is 0 Å². The maximum Gasteiger partial charge on any atom is 0.140 e. The van der Waals surface area contributed by atoms with E-state index >= 15 is 0 Å². The number of nitrogens with zero attached hydrogens (tertiary/aromatic N) is 3. The van der Waals surface area contributed by atoms with Gasteiger partial charge in [-0.05, 0) is 36.2 Å². The van der Waals surface area contributed by atoms with Gasteiger partial charge in [0.15, 0.2) is 0 Å². The van der Waals surface area contributed by atoms with Crippen LogP contribution in [0.2, 0.25) is 0 Å². The predicted octanol–water partition coefficient (Wildman–Crippen LogP) is 2.20. The summed E-state index contributed by atoms with van der Waals surface area (Å²) in [6.07, 6.45) is 5.27. The van der Waals surface area contributed by atoms with E-state index in [0.29, 0.717) is 12.2 Å². The van der Waals surface area contributed by atoms with E-state index in [1.165, 1.54) is 0 Å². The summed E-state index contributed by atoms with van der Waals surface area (Å²) in [6, 6.07) is 9.92. The molecule has 0 amide bonds. The van der Waals surface area contributed by atoms with Gasteiger partial charge in [-0.3, -0.25) is 4.98 Å². The highest BCUT2D eigenvalue weighted by Gasteiger charge is 2.04. The van der Waals surface area contributed by atoms with E-state index in [1.807, 2.05) is 30.5 Å². The molecule has 2 aromatic rings. The molecule has 0 bridgehead atoms. The lowest BCUT2D eigenvalue weighted by molar-refractivity contribution is 0.572. The molecule has 1 N–H and O–H groups in total. The zero-order valence-corrected chi connectivity index (χ0v) is 10.2. The van der Waals surface area contributed by atoms with Gasteiger partial charge >= 0.3 is 0 Å². The van der Waals surface area contributed by atoms with Crippen LogP contribution >= 0.6 is 0 Å². The van der Waals surface area contributed by atoms with Gasteiger partial charge in [-0.15, -0.1) is 0 Å². The first-order valence-electron chi connectivity index (χ1n) is 5.78. The second-order valence-corrected chi connectivity index (χ2v) is 4.05. The molecular formula is C14H14N4. The summed E-state index contributed by atoms with van der Waals surface area (Å²) in [4.78, 5) is 8.04. The van der Waals surface area contributed by atoms with Crippen LogP contribution in [0.4, 0.5) is 0 Å². The van der Waals surface area contributed by atoms with E-state index in [4.69, 9.17) is 5.26 Å². The first-order chi connectivity index (χ1) is 8.79. The van der Waals surface area contributed by atoms with Gasteiger partial charge in [0.25, 0.3) is 0 Å². The Balaban J connectivity index is 1.97. The molecule has 0 saturated heterocycles. The normalized spacial score (nSPS) is 11.8. The molecule has 0 aliphatic rings. The molecule has 2 rings (SSSR count). The van der Waals surface area contributed by atoms with Crippen LogP contribution in [-0.2, 0) is 6.54 Å². The Morgan fingerprint density at radius 2 is 2.28 bits per heavy atom. The molecule has 2 heterocycles. The van der Waals surface area contributed by atoms with Crippen LogP contribution in [0.15, 0.2) is 42.9 Å². The van der Waals surface area contributed by atoms with Crippen LogP contribution in [0.5, 0.6) is 0 Å². The van der Waals surface area contributed by atoms with Crippen molar-refractivity contribution in [3.8, 4) is 6.07 Å². The van der Waals surface area contributed by atoms with E-state index in [2.05, 4.69) is 22.2 Å². The van der Waals surface area contributed by atoms with Crippen molar-refractivity contribution >= 4 is 0 Å². The number of hydrogen-bond donors (Lipinski definition) is 1. The van der Waals surface area contributed by atoms with E-state index in [1.54, 1.807) is 18.5 Å². The van der Waals surface area contributed by atoms with Crippen LogP contribution in [-0.4, -0.2) is 9.97 Å². The van der Waals surface area contributed by atoms with Crippen LogP contribution in [0.3, 0.4) is 0 Å². The van der Waals surface area contributed by atoms with Crippen LogP contribution in [0, 0.1) is 11.3 Å². The lowest BCUT2D eigenvalue weighted by atomic mass is 10.1. The fraction of sp³-hybridized carbons (Fsp3) is 0.214. The Labute approximate surface area is 106 Å². The molecule has 1 atom stereocenters. The average molecular weight is 238 g/mol. The molecule has 0 aliphatic carbocycles. The Morgan fingerprint density at radius 3 is 3.00 bits per heavy atom. The van der Waals surface area contributed by atoms with Crippen LogP contribution in [0.25, 0.3) is 0 Å². The minimum atomic E-state index is 0.220. The maximum absolute atomic E-state index is 8.78. The van der Waals surface area contributed by atoms with Gasteiger partial charge in [0.05, 0.1) is 0 Å². The third-order valence-electron chi connectivity index (χ3n) is 2.74. The van der Waals surface area contributed by atoms with Gasteiger partial charge in [-0.2, -0.15) is 5.26 Å². The number of hydrogen-bond acceptors (Lipinski definition) is 4. The molecule has 0 spiro atoms. The van der Waals surface area contributed by atoms with Gasteiger partial charge in [-0.1, -0.05) is 6.07 Å². The molecule has 0 fully saturated rings. The summed E-state index contributed by atoms with van der Waals surface area (Å²) in [7, 11) is 0. The second kappa shape index (κ2) is 5.89. The molecule has 2 aromatic heterocycles. The largest absolute Gasteiger partial charge is 0.306 e. The van der Waals surface area contributed by atoms with Gasteiger partial charge in [0.2, 0.25) is 0 Å². The third-order valence-corrected chi connectivity index (χ3v) is 2.74. The minimum absolute atomic E-state index is 0.220. The molecule has 90 valence electrons. The lowest BCUT2D eigenvalue weighted by Crippen LogP contribution is -2.18. The van der Waals surface area contributed by atoms with Crippen molar-refractivity contribution in [2.75, 3.05) is 0 Å². The highest BCUT2D eigenvalue weighted by atomic mass is 14.9. The number of nitrogens with one attached hydrogen (secondary N) is 1. The third kappa shape index (κ3) is 3.12. The summed E-state index contributed by atoms with van der Waals surface area (Å²) in [5, 5.41) is 12.2. The predicted molar refractivity (Wildman–Crippen MR) is 68.4 cm³/mol. The Morgan fingerprint density at radius 1 is 1.39 bits per heavy atom. The average Bonchev–Trinajstić information content (AvgIpc) is 2.46. The Hall–Kier alpha value is -2.25. The standard InChI is InChI=1S/C14H14N4/c1-11(13-3-2-5-16-10-13)18-9-12-4-6-17-14(7-12)8-15/h2-7,10-11,18H,9H2,1H3/t11-/m1/s1.